The first-order chi connectivity index (χ1) is 9.30. The minimum atomic E-state index is 0.703. The van der Waals surface area contributed by atoms with Crippen LogP contribution in [0.1, 0.15) is 36.8 Å². The van der Waals surface area contributed by atoms with Crippen LogP contribution < -0.4 is 5.32 Å². The van der Waals surface area contributed by atoms with Crippen LogP contribution >= 0.6 is 0 Å². The van der Waals surface area contributed by atoms with Crippen LogP contribution in [0.4, 0.5) is 0 Å². The molecule has 2 unspecified atom stereocenters. The van der Waals surface area contributed by atoms with Crippen molar-refractivity contribution < 1.29 is 0 Å². The van der Waals surface area contributed by atoms with Gasteiger partial charge in [0.25, 0.3) is 0 Å². The van der Waals surface area contributed by atoms with Gasteiger partial charge in [-0.2, -0.15) is 5.26 Å². The van der Waals surface area contributed by atoms with Gasteiger partial charge < -0.3 is 5.32 Å². The smallest absolute Gasteiger partial charge is 0.0991 e. The molecule has 0 saturated carbocycles. The molecule has 0 aromatic heterocycles. The van der Waals surface area contributed by atoms with Gasteiger partial charge in [0.05, 0.1) is 11.6 Å². The highest BCUT2D eigenvalue weighted by Gasteiger charge is 2.39. The Labute approximate surface area is 115 Å². The van der Waals surface area contributed by atoms with E-state index >= 15 is 0 Å². The molecule has 100 valence electrons. The van der Waals surface area contributed by atoms with Gasteiger partial charge in [-0.25, -0.2) is 0 Å². The van der Waals surface area contributed by atoms with Crippen LogP contribution in [-0.4, -0.2) is 30.1 Å². The number of benzene rings is 1. The molecule has 2 aliphatic heterocycles. The number of piperidine rings is 1. The Bertz CT molecular complexity index is 460. The molecule has 2 saturated heterocycles. The van der Waals surface area contributed by atoms with Gasteiger partial charge in [0.15, 0.2) is 0 Å². The van der Waals surface area contributed by atoms with Crippen LogP contribution in [0, 0.1) is 11.3 Å². The van der Waals surface area contributed by atoms with Crippen LogP contribution in [0.3, 0.4) is 0 Å². The molecule has 2 bridgehead atoms. The summed E-state index contributed by atoms with van der Waals surface area (Å²) in [6.45, 7) is 1.04. The molecule has 3 rings (SSSR count). The van der Waals surface area contributed by atoms with E-state index < -0.39 is 0 Å². The average molecular weight is 255 g/mol. The maximum absolute atomic E-state index is 8.83. The molecule has 0 amide bonds. The summed E-state index contributed by atoms with van der Waals surface area (Å²) in [5.74, 6) is 0. The van der Waals surface area contributed by atoms with E-state index in [4.69, 9.17) is 5.26 Å². The maximum Gasteiger partial charge on any atom is 0.0991 e. The van der Waals surface area contributed by atoms with E-state index in [-0.39, 0.29) is 0 Å². The Morgan fingerprint density at radius 1 is 1.21 bits per heavy atom. The Hall–Kier alpha value is -1.37. The number of nitrogens with zero attached hydrogens (tertiary/aromatic N) is 2. The molecule has 2 heterocycles. The first-order valence-corrected chi connectivity index (χ1v) is 7.22. The summed E-state index contributed by atoms with van der Waals surface area (Å²) in [6.07, 6.45) is 5.25. The molecule has 0 aliphatic carbocycles. The van der Waals surface area contributed by atoms with E-state index in [0.717, 1.165) is 24.2 Å². The van der Waals surface area contributed by atoms with Crippen LogP contribution in [0.2, 0.25) is 0 Å². The molecule has 1 aromatic carbocycles. The Kier molecular flexibility index (Phi) is 3.54. The summed E-state index contributed by atoms with van der Waals surface area (Å²) < 4.78 is 0. The highest BCUT2D eigenvalue weighted by molar-refractivity contribution is 5.31. The lowest BCUT2D eigenvalue weighted by atomic mass is 9.96. The fourth-order valence-electron chi connectivity index (χ4n) is 3.66. The standard InChI is InChI=1S/C16H21N3/c1-18-14-8-15-6-7-16(9-14)19(15)11-13-4-2-12(10-17)3-5-13/h2-5,14-16,18H,6-9,11H2,1H3. The molecule has 3 nitrogen and oxygen atoms in total. The monoisotopic (exact) mass is 255 g/mol. The van der Waals surface area contributed by atoms with Crippen molar-refractivity contribution in [2.45, 2.75) is 50.4 Å². The summed E-state index contributed by atoms with van der Waals surface area (Å²) in [7, 11) is 2.08. The Morgan fingerprint density at radius 2 is 1.84 bits per heavy atom. The molecule has 2 atom stereocenters. The van der Waals surface area contributed by atoms with Gasteiger partial charge in [-0.05, 0) is 50.4 Å². The second kappa shape index (κ2) is 5.32. The van der Waals surface area contributed by atoms with E-state index in [1.54, 1.807) is 0 Å². The number of rotatable bonds is 3. The van der Waals surface area contributed by atoms with Crippen molar-refractivity contribution in [2.75, 3.05) is 7.05 Å². The molecule has 3 heteroatoms. The number of nitrogens with one attached hydrogen (secondary N) is 1. The van der Waals surface area contributed by atoms with Crippen LogP contribution in [-0.2, 0) is 6.54 Å². The average Bonchev–Trinajstić information content (AvgIpc) is 2.70. The van der Waals surface area contributed by atoms with Gasteiger partial charge in [0, 0.05) is 24.7 Å². The van der Waals surface area contributed by atoms with Crippen LogP contribution in [0.25, 0.3) is 0 Å². The predicted molar refractivity (Wildman–Crippen MR) is 75.6 cm³/mol. The molecular weight excluding hydrogens is 234 g/mol. The minimum Gasteiger partial charge on any atom is -0.317 e. The fourth-order valence-corrected chi connectivity index (χ4v) is 3.66. The van der Waals surface area contributed by atoms with E-state index in [0.29, 0.717) is 6.04 Å². The maximum atomic E-state index is 8.83. The zero-order chi connectivity index (χ0) is 13.2. The summed E-state index contributed by atoms with van der Waals surface area (Å²) in [5.41, 5.74) is 2.08. The number of hydrogen-bond donors (Lipinski definition) is 1. The lowest BCUT2D eigenvalue weighted by molar-refractivity contribution is 0.111. The van der Waals surface area contributed by atoms with Gasteiger partial charge >= 0.3 is 0 Å². The summed E-state index contributed by atoms with van der Waals surface area (Å²) >= 11 is 0. The van der Waals surface area contributed by atoms with Crippen molar-refractivity contribution in [3.63, 3.8) is 0 Å². The zero-order valence-corrected chi connectivity index (χ0v) is 11.5. The fraction of sp³-hybridized carbons (Fsp3) is 0.562. The third kappa shape index (κ3) is 2.51. The largest absolute Gasteiger partial charge is 0.317 e. The molecule has 19 heavy (non-hydrogen) atoms. The molecule has 0 radical (unpaired) electrons. The first-order valence-electron chi connectivity index (χ1n) is 7.22. The molecule has 0 spiro atoms. The van der Waals surface area contributed by atoms with Gasteiger partial charge in [0.2, 0.25) is 0 Å². The number of fused-ring (bicyclic) bond motifs is 2. The summed E-state index contributed by atoms with van der Waals surface area (Å²) in [6, 6.07) is 12.4. The molecule has 2 aliphatic rings. The molecular formula is C16H21N3. The van der Waals surface area contributed by atoms with Gasteiger partial charge in [0.1, 0.15) is 0 Å². The molecule has 1 N–H and O–H groups in total. The highest BCUT2D eigenvalue weighted by Crippen LogP contribution is 2.36. The number of hydrogen-bond acceptors (Lipinski definition) is 3. The highest BCUT2D eigenvalue weighted by atomic mass is 15.2. The van der Waals surface area contributed by atoms with Crippen molar-refractivity contribution in [3.8, 4) is 6.07 Å². The van der Waals surface area contributed by atoms with E-state index in [2.05, 4.69) is 35.5 Å². The third-order valence-electron chi connectivity index (χ3n) is 4.74. The van der Waals surface area contributed by atoms with Crippen LogP contribution in [0.15, 0.2) is 24.3 Å². The van der Waals surface area contributed by atoms with E-state index in [9.17, 15) is 0 Å². The Balaban J connectivity index is 1.69. The normalized spacial score (nSPS) is 30.2. The van der Waals surface area contributed by atoms with Crippen molar-refractivity contribution in [1.29, 1.82) is 5.26 Å². The summed E-state index contributed by atoms with van der Waals surface area (Å²) in [4.78, 5) is 2.68. The lowest BCUT2D eigenvalue weighted by Crippen LogP contribution is -2.47. The van der Waals surface area contributed by atoms with Crippen molar-refractivity contribution in [1.82, 2.24) is 10.2 Å². The zero-order valence-electron chi connectivity index (χ0n) is 11.5. The lowest BCUT2D eigenvalue weighted by Gasteiger charge is -2.39. The SMILES string of the molecule is CNC1CC2CCC(C1)N2Cc1ccc(C#N)cc1. The molecule has 1 aromatic rings. The summed E-state index contributed by atoms with van der Waals surface area (Å²) in [5, 5.41) is 12.3. The number of nitriles is 1. The van der Waals surface area contributed by atoms with Crippen LogP contribution in [0.5, 0.6) is 0 Å². The minimum absolute atomic E-state index is 0.703. The van der Waals surface area contributed by atoms with E-state index in [1.807, 2.05) is 12.1 Å². The van der Waals surface area contributed by atoms with Crippen molar-refractivity contribution in [3.05, 3.63) is 35.4 Å². The van der Waals surface area contributed by atoms with Gasteiger partial charge in [-0.1, -0.05) is 12.1 Å². The Morgan fingerprint density at radius 3 is 2.37 bits per heavy atom. The van der Waals surface area contributed by atoms with E-state index in [1.165, 1.54) is 31.2 Å². The first kappa shape index (κ1) is 12.7. The van der Waals surface area contributed by atoms with Gasteiger partial charge in [-0.15, -0.1) is 0 Å². The second-order valence-corrected chi connectivity index (χ2v) is 5.82. The second-order valence-electron chi connectivity index (χ2n) is 5.82. The van der Waals surface area contributed by atoms with Crippen molar-refractivity contribution in [2.24, 2.45) is 0 Å². The molecule has 2 fully saturated rings. The third-order valence-corrected chi connectivity index (χ3v) is 4.74. The topological polar surface area (TPSA) is 39.1 Å². The predicted octanol–water partition coefficient (Wildman–Crippen LogP) is 2.27. The quantitative estimate of drug-likeness (QED) is 0.900. The van der Waals surface area contributed by atoms with Gasteiger partial charge in [-0.3, -0.25) is 4.90 Å². The van der Waals surface area contributed by atoms with Crippen molar-refractivity contribution >= 4 is 0 Å².